The van der Waals surface area contributed by atoms with Crippen LogP contribution in [-0.2, 0) is 11.2 Å². The van der Waals surface area contributed by atoms with E-state index in [0.29, 0.717) is 19.4 Å². The summed E-state index contributed by atoms with van der Waals surface area (Å²) in [6.07, 6.45) is 5.06. The molecule has 124 valence electrons. The first-order chi connectivity index (χ1) is 11.7. The third-order valence-corrected chi connectivity index (χ3v) is 4.86. The van der Waals surface area contributed by atoms with Gasteiger partial charge in [-0.2, -0.15) is 0 Å². The molecule has 0 aliphatic heterocycles. The summed E-state index contributed by atoms with van der Waals surface area (Å²) in [6.45, 7) is 0.549. The van der Waals surface area contributed by atoms with Crippen molar-refractivity contribution in [2.24, 2.45) is 0 Å². The van der Waals surface area contributed by atoms with Crippen LogP contribution in [0.4, 0.5) is 4.39 Å². The lowest BCUT2D eigenvalue weighted by Crippen LogP contribution is -2.28. The van der Waals surface area contributed by atoms with Crippen molar-refractivity contribution < 1.29 is 9.18 Å². The van der Waals surface area contributed by atoms with E-state index in [1.807, 2.05) is 36.0 Å². The monoisotopic (exact) mass is 342 g/mol. The van der Waals surface area contributed by atoms with E-state index >= 15 is 0 Å². The van der Waals surface area contributed by atoms with Gasteiger partial charge in [-0.05, 0) is 47.7 Å². The molecule has 0 fully saturated rings. The summed E-state index contributed by atoms with van der Waals surface area (Å²) < 4.78 is 14.9. The number of carbonyl (C=O) groups excluding carboxylic acids is 1. The number of aromatic nitrogens is 1. The number of rotatable bonds is 7. The van der Waals surface area contributed by atoms with Gasteiger partial charge in [-0.15, -0.1) is 11.3 Å². The number of halogens is 1. The molecule has 5 heteroatoms. The van der Waals surface area contributed by atoms with E-state index in [0.717, 1.165) is 5.56 Å². The zero-order valence-electron chi connectivity index (χ0n) is 13.2. The number of hydrogen-bond donors (Lipinski definition) is 1. The third-order valence-electron chi connectivity index (χ3n) is 3.89. The first-order valence-corrected chi connectivity index (χ1v) is 8.77. The molecule has 24 heavy (non-hydrogen) atoms. The molecule has 1 N–H and O–H groups in total. The smallest absolute Gasteiger partial charge is 0.222 e. The van der Waals surface area contributed by atoms with Crippen LogP contribution in [0, 0.1) is 5.82 Å². The fourth-order valence-electron chi connectivity index (χ4n) is 2.63. The van der Waals surface area contributed by atoms with E-state index < -0.39 is 0 Å². The van der Waals surface area contributed by atoms with Gasteiger partial charge >= 0.3 is 0 Å². The molecule has 3 aromatic rings. The van der Waals surface area contributed by atoms with Crippen molar-refractivity contribution >= 4 is 17.2 Å². The normalized spacial score (nSPS) is 12.0. The van der Waals surface area contributed by atoms with Crippen molar-refractivity contribution in [3.8, 4) is 0 Å². The van der Waals surface area contributed by atoms with Crippen molar-refractivity contribution in [2.75, 3.05) is 6.54 Å². The molecule has 3 nitrogen and oxygen atoms in total. The van der Waals surface area contributed by atoms with Gasteiger partial charge in [-0.1, -0.05) is 18.2 Å². The Balaban J connectivity index is 1.55. The van der Waals surface area contributed by atoms with Crippen LogP contribution in [0.25, 0.3) is 0 Å². The summed E-state index contributed by atoms with van der Waals surface area (Å²) in [5, 5.41) is 4.98. The van der Waals surface area contributed by atoms with Gasteiger partial charge in [0, 0.05) is 23.8 Å². The van der Waals surface area contributed by atoms with Crippen molar-refractivity contribution in [3.05, 3.63) is 82.6 Å². The number of thiophene rings is 1. The van der Waals surface area contributed by atoms with Gasteiger partial charge in [0.1, 0.15) is 5.82 Å². The Hall–Kier alpha value is -2.40. The molecule has 1 aromatic carbocycles. The van der Waals surface area contributed by atoms with Gasteiger partial charge in [0.05, 0.1) is 12.5 Å². The van der Waals surface area contributed by atoms with E-state index in [9.17, 15) is 9.18 Å². The van der Waals surface area contributed by atoms with Crippen LogP contribution in [0.2, 0.25) is 0 Å². The fourth-order valence-corrected chi connectivity index (χ4v) is 3.47. The van der Waals surface area contributed by atoms with Gasteiger partial charge in [0.25, 0.3) is 0 Å². The maximum Gasteiger partial charge on any atom is 0.222 e. The summed E-state index contributed by atoms with van der Waals surface area (Å²) in [5.74, 6) is -0.225. The Labute approximate surface area is 144 Å². The summed E-state index contributed by atoms with van der Waals surface area (Å²) in [6, 6.07) is 14.4. The molecule has 2 heterocycles. The second-order valence-corrected chi connectivity index (χ2v) is 6.57. The van der Waals surface area contributed by atoms with E-state index in [1.165, 1.54) is 17.0 Å². The SMILES string of the molecule is O=C(C[C@H](c1cccs1)n1cccc1)NCCc1ccc(F)cc1. The Bertz CT molecular complexity index is 717. The average Bonchev–Trinajstić information content (AvgIpc) is 3.28. The highest BCUT2D eigenvalue weighted by atomic mass is 32.1. The second-order valence-electron chi connectivity index (χ2n) is 5.59. The standard InChI is InChI=1S/C19H19FN2OS/c20-16-7-5-15(6-8-16)9-10-21-19(23)14-17(18-4-3-13-24-18)22-11-1-2-12-22/h1-8,11-13,17H,9-10,14H2,(H,21,23)/t17-/m1/s1. The van der Waals surface area contributed by atoms with Crippen LogP contribution < -0.4 is 5.32 Å². The van der Waals surface area contributed by atoms with Crippen molar-refractivity contribution in [2.45, 2.75) is 18.9 Å². The van der Waals surface area contributed by atoms with Crippen LogP contribution >= 0.6 is 11.3 Å². The number of nitrogens with zero attached hydrogens (tertiary/aromatic N) is 1. The van der Waals surface area contributed by atoms with Crippen LogP contribution in [0.5, 0.6) is 0 Å². The van der Waals surface area contributed by atoms with Crippen LogP contribution in [0.15, 0.2) is 66.3 Å². The quantitative estimate of drug-likeness (QED) is 0.691. The lowest BCUT2D eigenvalue weighted by atomic mass is 10.1. The van der Waals surface area contributed by atoms with E-state index in [1.54, 1.807) is 23.5 Å². The van der Waals surface area contributed by atoms with Gasteiger partial charge in [0.2, 0.25) is 5.91 Å². The molecular weight excluding hydrogens is 323 g/mol. The maximum atomic E-state index is 12.9. The minimum Gasteiger partial charge on any atom is -0.356 e. The zero-order chi connectivity index (χ0) is 16.8. The van der Waals surface area contributed by atoms with Crippen LogP contribution in [-0.4, -0.2) is 17.0 Å². The predicted octanol–water partition coefficient (Wildman–Crippen LogP) is 4.03. The Morgan fingerprint density at radius 3 is 2.54 bits per heavy atom. The lowest BCUT2D eigenvalue weighted by molar-refractivity contribution is -0.121. The molecule has 0 aliphatic carbocycles. The predicted molar refractivity (Wildman–Crippen MR) is 94.6 cm³/mol. The van der Waals surface area contributed by atoms with Gasteiger partial charge in [0.15, 0.2) is 0 Å². The zero-order valence-corrected chi connectivity index (χ0v) is 14.0. The summed E-state index contributed by atoms with van der Waals surface area (Å²) in [4.78, 5) is 13.5. The van der Waals surface area contributed by atoms with Crippen molar-refractivity contribution in [1.82, 2.24) is 9.88 Å². The number of nitrogens with one attached hydrogen (secondary N) is 1. The Morgan fingerprint density at radius 1 is 1.12 bits per heavy atom. The molecular formula is C19H19FN2OS. The van der Waals surface area contributed by atoms with Gasteiger partial charge in [-0.25, -0.2) is 4.39 Å². The summed E-state index contributed by atoms with van der Waals surface area (Å²) in [5.41, 5.74) is 1.01. The molecule has 0 spiro atoms. The maximum absolute atomic E-state index is 12.9. The minimum absolute atomic E-state index is 0.0178. The molecule has 3 rings (SSSR count). The summed E-state index contributed by atoms with van der Waals surface area (Å²) >= 11 is 1.66. The molecule has 0 saturated heterocycles. The number of carbonyl (C=O) groups is 1. The molecule has 0 radical (unpaired) electrons. The number of benzene rings is 1. The van der Waals surface area contributed by atoms with E-state index in [-0.39, 0.29) is 17.8 Å². The largest absolute Gasteiger partial charge is 0.356 e. The molecule has 0 unspecified atom stereocenters. The number of hydrogen-bond acceptors (Lipinski definition) is 2. The van der Waals surface area contributed by atoms with Crippen molar-refractivity contribution in [3.63, 3.8) is 0 Å². The molecule has 0 bridgehead atoms. The first-order valence-electron chi connectivity index (χ1n) is 7.89. The highest BCUT2D eigenvalue weighted by Gasteiger charge is 2.17. The van der Waals surface area contributed by atoms with E-state index in [4.69, 9.17) is 0 Å². The lowest BCUT2D eigenvalue weighted by Gasteiger charge is -2.17. The highest BCUT2D eigenvalue weighted by molar-refractivity contribution is 7.10. The molecule has 1 amide bonds. The van der Waals surface area contributed by atoms with Crippen molar-refractivity contribution in [1.29, 1.82) is 0 Å². The third kappa shape index (κ3) is 4.32. The number of amides is 1. The first kappa shape index (κ1) is 16.5. The van der Waals surface area contributed by atoms with Crippen LogP contribution in [0.3, 0.4) is 0 Å². The van der Waals surface area contributed by atoms with Crippen LogP contribution in [0.1, 0.15) is 22.9 Å². The molecule has 0 aliphatic rings. The fraction of sp³-hybridized carbons (Fsp3) is 0.211. The average molecular weight is 342 g/mol. The topological polar surface area (TPSA) is 34.0 Å². The van der Waals surface area contributed by atoms with Gasteiger partial charge in [-0.3, -0.25) is 4.79 Å². The van der Waals surface area contributed by atoms with Gasteiger partial charge < -0.3 is 9.88 Å². The van der Waals surface area contributed by atoms with E-state index in [2.05, 4.69) is 16.0 Å². The molecule has 2 aromatic heterocycles. The molecule has 1 atom stereocenters. The summed E-state index contributed by atoms with van der Waals surface area (Å²) in [7, 11) is 0. The Kier molecular flexibility index (Phi) is 5.43. The minimum atomic E-state index is -0.242. The second kappa shape index (κ2) is 7.93. The Morgan fingerprint density at radius 2 is 1.88 bits per heavy atom. The highest BCUT2D eigenvalue weighted by Crippen LogP contribution is 2.26. The molecule has 0 saturated carbocycles.